The molecule has 0 fully saturated rings. The molecule has 15 heavy (non-hydrogen) atoms. The number of aliphatic imine (C=N–C) groups is 1. The third-order valence-electron chi connectivity index (χ3n) is 2.12. The maximum Gasteiger partial charge on any atom is 0.244 e. The zero-order chi connectivity index (χ0) is 11.5. The minimum Gasteiger partial charge on any atom is -0.357 e. The van der Waals surface area contributed by atoms with E-state index in [1.807, 2.05) is 12.5 Å². The number of carbonyl (C=O) groups excluding carboxylic acids is 1. The van der Waals surface area contributed by atoms with Gasteiger partial charge in [-0.2, -0.15) is 11.8 Å². The van der Waals surface area contributed by atoms with E-state index in [2.05, 4.69) is 17.2 Å². The van der Waals surface area contributed by atoms with E-state index in [9.17, 15) is 4.79 Å². The molecule has 0 saturated carbocycles. The fourth-order valence-electron chi connectivity index (χ4n) is 1.17. The summed E-state index contributed by atoms with van der Waals surface area (Å²) in [4.78, 5) is 15.8. The molecule has 0 rings (SSSR count). The Labute approximate surface area is 97.1 Å². The van der Waals surface area contributed by atoms with E-state index < -0.39 is 0 Å². The van der Waals surface area contributed by atoms with Gasteiger partial charge in [-0.3, -0.25) is 9.79 Å². The quantitative estimate of drug-likeness (QED) is 0.512. The molecule has 0 aromatic rings. The van der Waals surface area contributed by atoms with E-state index in [1.54, 1.807) is 18.8 Å². The highest BCUT2D eigenvalue weighted by molar-refractivity contribution is 7.98. The average molecular weight is 230 g/mol. The van der Waals surface area contributed by atoms with Crippen LogP contribution in [-0.4, -0.2) is 37.2 Å². The van der Waals surface area contributed by atoms with Gasteiger partial charge in [0, 0.05) is 7.05 Å². The van der Waals surface area contributed by atoms with Crippen molar-refractivity contribution in [2.24, 2.45) is 4.99 Å². The van der Waals surface area contributed by atoms with Crippen LogP contribution in [0.4, 0.5) is 0 Å². The van der Waals surface area contributed by atoms with Crippen molar-refractivity contribution in [3.05, 3.63) is 0 Å². The van der Waals surface area contributed by atoms with Crippen LogP contribution in [-0.2, 0) is 4.79 Å². The lowest BCUT2D eigenvalue weighted by molar-refractivity contribution is -0.121. The fourth-order valence-corrected chi connectivity index (χ4v) is 1.63. The summed E-state index contributed by atoms with van der Waals surface area (Å²) in [5.74, 6) is 1.00. The number of nitrogens with one attached hydrogen (secondary N) is 1. The van der Waals surface area contributed by atoms with Crippen molar-refractivity contribution in [2.75, 3.05) is 19.1 Å². The van der Waals surface area contributed by atoms with Crippen LogP contribution >= 0.6 is 11.8 Å². The summed E-state index contributed by atoms with van der Waals surface area (Å²) in [5, 5.41) is 2.65. The van der Waals surface area contributed by atoms with Gasteiger partial charge in [0.1, 0.15) is 6.04 Å². The van der Waals surface area contributed by atoms with Crippen molar-refractivity contribution in [3.63, 3.8) is 0 Å². The molecule has 0 aromatic heterocycles. The molecule has 0 spiro atoms. The normalized spacial score (nSPS) is 13.0. The molecule has 0 aliphatic rings. The van der Waals surface area contributed by atoms with Crippen LogP contribution in [0, 0.1) is 0 Å². The molecule has 1 amide bonds. The fraction of sp³-hybridized carbons (Fsp3) is 0.818. The summed E-state index contributed by atoms with van der Waals surface area (Å²) >= 11 is 1.75. The molecule has 88 valence electrons. The van der Waals surface area contributed by atoms with E-state index in [4.69, 9.17) is 0 Å². The Morgan fingerprint density at radius 2 is 2.33 bits per heavy atom. The molecule has 0 radical (unpaired) electrons. The third-order valence-corrected chi connectivity index (χ3v) is 2.76. The number of rotatable bonds is 8. The zero-order valence-corrected chi connectivity index (χ0v) is 10.8. The number of amides is 1. The Morgan fingerprint density at radius 1 is 1.60 bits per heavy atom. The first kappa shape index (κ1) is 14.5. The lowest BCUT2D eigenvalue weighted by atomic mass is 10.2. The first-order chi connectivity index (χ1) is 7.26. The molecular formula is C11H22N2OS. The second kappa shape index (κ2) is 10.0. The number of nitrogens with zero attached hydrogens (tertiary/aromatic N) is 1. The van der Waals surface area contributed by atoms with E-state index in [-0.39, 0.29) is 11.9 Å². The van der Waals surface area contributed by atoms with Crippen molar-refractivity contribution in [3.8, 4) is 0 Å². The molecule has 0 bridgehead atoms. The highest BCUT2D eigenvalue weighted by Gasteiger charge is 2.13. The molecule has 4 heteroatoms. The Bertz CT molecular complexity index is 195. The van der Waals surface area contributed by atoms with Crippen molar-refractivity contribution in [1.29, 1.82) is 0 Å². The van der Waals surface area contributed by atoms with Crippen LogP contribution in [0.5, 0.6) is 0 Å². The Morgan fingerprint density at radius 3 is 2.87 bits per heavy atom. The predicted octanol–water partition coefficient (Wildman–Crippen LogP) is 2.12. The maximum atomic E-state index is 11.4. The maximum absolute atomic E-state index is 11.4. The molecule has 3 nitrogen and oxygen atoms in total. The highest BCUT2D eigenvalue weighted by atomic mass is 32.2. The van der Waals surface area contributed by atoms with E-state index in [1.165, 1.54) is 6.42 Å². The standard InChI is InChI=1S/C11H22N2OS/c1-4-5-6-8-13-10(7-9-15-3)11(14)12-2/h8,10H,4-7,9H2,1-3H3,(H,12,14)/t10-/m0/s1. The second-order valence-electron chi connectivity index (χ2n) is 3.39. The lowest BCUT2D eigenvalue weighted by Crippen LogP contribution is -2.31. The minimum absolute atomic E-state index is 0.0248. The first-order valence-electron chi connectivity index (χ1n) is 5.48. The van der Waals surface area contributed by atoms with Gasteiger partial charge >= 0.3 is 0 Å². The molecule has 0 heterocycles. The summed E-state index contributed by atoms with van der Waals surface area (Å²) in [6, 6.07) is -0.195. The molecule has 0 aliphatic heterocycles. The predicted molar refractivity (Wildman–Crippen MR) is 68.9 cm³/mol. The molecule has 0 aliphatic carbocycles. The second-order valence-corrected chi connectivity index (χ2v) is 4.37. The van der Waals surface area contributed by atoms with Gasteiger partial charge in [0.05, 0.1) is 0 Å². The Balaban J connectivity index is 3.99. The summed E-state index contributed by atoms with van der Waals surface area (Å²) in [5.41, 5.74) is 0. The molecule has 0 saturated heterocycles. The highest BCUT2D eigenvalue weighted by Crippen LogP contribution is 2.04. The number of carbonyl (C=O) groups is 1. The van der Waals surface area contributed by atoms with E-state index in [0.29, 0.717) is 0 Å². The summed E-state index contributed by atoms with van der Waals surface area (Å²) in [6.07, 6.45) is 8.05. The van der Waals surface area contributed by atoms with Gasteiger partial charge < -0.3 is 5.32 Å². The van der Waals surface area contributed by atoms with E-state index in [0.717, 1.165) is 25.0 Å². The van der Waals surface area contributed by atoms with Crippen molar-refractivity contribution < 1.29 is 4.79 Å². The zero-order valence-electron chi connectivity index (χ0n) is 9.95. The largest absolute Gasteiger partial charge is 0.357 e. The SMILES string of the molecule is CCCCC=N[C@@H](CCSC)C(=O)NC. The Kier molecular flexibility index (Phi) is 9.68. The lowest BCUT2D eigenvalue weighted by Gasteiger charge is -2.09. The summed E-state index contributed by atoms with van der Waals surface area (Å²) in [7, 11) is 1.66. The van der Waals surface area contributed by atoms with Gasteiger partial charge in [0.15, 0.2) is 0 Å². The van der Waals surface area contributed by atoms with Gasteiger partial charge in [-0.1, -0.05) is 13.3 Å². The molecule has 1 atom stereocenters. The monoisotopic (exact) mass is 230 g/mol. The number of unbranched alkanes of at least 4 members (excludes halogenated alkanes) is 2. The summed E-state index contributed by atoms with van der Waals surface area (Å²) < 4.78 is 0. The van der Waals surface area contributed by atoms with Crippen molar-refractivity contribution in [1.82, 2.24) is 5.32 Å². The van der Waals surface area contributed by atoms with Crippen LogP contribution in [0.2, 0.25) is 0 Å². The van der Waals surface area contributed by atoms with Gasteiger partial charge in [-0.15, -0.1) is 0 Å². The van der Waals surface area contributed by atoms with Crippen LogP contribution in [0.3, 0.4) is 0 Å². The first-order valence-corrected chi connectivity index (χ1v) is 6.87. The van der Waals surface area contributed by atoms with Crippen molar-refractivity contribution in [2.45, 2.75) is 38.6 Å². The molecule has 1 N–H and O–H groups in total. The Hall–Kier alpha value is -0.510. The molecule has 0 unspecified atom stereocenters. The molecule has 0 aromatic carbocycles. The van der Waals surface area contributed by atoms with Gasteiger partial charge in [-0.05, 0) is 37.5 Å². The summed E-state index contributed by atoms with van der Waals surface area (Å²) in [6.45, 7) is 2.15. The van der Waals surface area contributed by atoms with Gasteiger partial charge in [0.25, 0.3) is 0 Å². The molecular weight excluding hydrogens is 208 g/mol. The number of thioether (sulfide) groups is 1. The van der Waals surface area contributed by atoms with Crippen molar-refractivity contribution >= 4 is 23.9 Å². The van der Waals surface area contributed by atoms with E-state index >= 15 is 0 Å². The smallest absolute Gasteiger partial charge is 0.244 e. The van der Waals surface area contributed by atoms with Gasteiger partial charge in [-0.25, -0.2) is 0 Å². The van der Waals surface area contributed by atoms with Crippen LogP contribution < -0.4 is 5.32 Å². The van der Waals surface area contributed by atoms with Gasteiger partial charge in [0.2, 0.25) is 5.91 Å². The topological polar surface area (TPSA) is 41.5 Å². The number of likely N-dealkylation sites (N-methyl/N-ethyl adjacent to an activating group) is 1. The number of hydrogen-bond donors (Lipinski definition) is 1. The minimum atomic E-state index is -0.195. The van der Waals surface area contributed by atoms with Crippen LogP contribution in [0.15, 0.2) is 4.99 Å². The van der Waals surface area contributed by atoms with Crippen LogP contribution in [0.25, 0.3) is 0 Å². The average Bonchev–Trinajstić information content (AvgIpc) is 2.27. The third kappa shape index (κ3) is 7.42. The number of hydrogen-bond acceptors (Lipinski definition) is 3. The van der Waals surface area contributed by atoms with Crippen LogP contribution in [0.1, 0.15) is 32.6 Å².